The molecule has 1 heterocycles. The lowest BCUT2D eigenvalue weighted by Crippen LogP contribution is -1.91. The van der Waals surface area contributed by atoms with Crippen LogP contribution in [0.3, 0.4) is 0 Å². The number of aryl methyl sites for hydroxylation is 1. The van der Waals surface area contributed by atoms with Gasteiger partial charge >= 0.3 is 0 Å². The van der Waals surface area contributed by atoms with E-state index in [9.17, 15) is 4.39 Å². The van der Waals surface area contributed by atoms with Gasteiger partial charge in [-0.15, -0.1) is 0 Å². The van der Waals surface area contributed by atoms with Gasteiger partial charge in [0.2, 0.25) is 0 Å². The number of pyridine rings is 1. The van der Waals surface area contributed by atoms with E-state index in [0.717, 1.165) is 5.56 Å². The summed E-state index contributed by atoms with van der Waals surface area (Å²) in [7, 11) is 0. The Bertz CT molecular complexity index is 541. The largest absolute Gasteiger partial charge is 0.253 e. The Balaban J connectivity index is 2.63. The van der Waals surface area contributed by atoms with Gasteiger partial charge in [-0.3, -0.25) is 4.98 Å². The molecule has 2 rings (SSSR count). The smallest absolute Gasteiger partial charge is 0.141 e. The highest BCUT2D eigenvalue weighted by molar-refractivity contribution is 6.43. The molecule has 0 saturated carbocycles. The van der Waals surface area contributed by atoms with Crippen molar-refractivity contribution in [2.45, 2.75) is 6.92 Å². The Morgan fingerprint density at radius 1 is 1.25 bits per heavy atom. The van der Waals surface area contributed by atoms with E-state index in [1.54, 1.807) is 25.1 Å². The number of aromatic nitrogens is 1. The summed E-state index contributed by atoms with van der Waals surface area (Å²) in [4.78, 5) is 4.03. The van der Waals surface area contributed by atoms with Crippen molar-refractivity contribution in [3.8, 4) is 11.3 Å². The minimum Gasteiger partial charge on any atom is -0.253 e. The molecule has 1 aromatic heterocycles. The van der Waals surface area contributed by atoms with E-state index in [2.05, 4.69) is 4.98 Å². The van der Waals surface area contributed by atoms with E-state index >= 15 is 0 Å². The first-order valence-electron chi connectivity index (χ1n) is 4.66. The monoisotopic (exact) mass is 255 g/mol. The number of benzene rings is 1. The molecule has 0 bridgehead atoms. The van der Waals surface area contributed by atoms with Gasteiger partial charge in [0.1, 0.15) is 5.82 Å². The van der Waals surface area contributed by atoms with Crippen LogP contribution in [0.25, 0.3) is 11.3 Å². The van der Waals surface area contributed by atoms with Crippen LogP contribution in [0.2, 0.25) is 10.0 Å². The number of hydrogen-bond donors (Lipinski definition) is 0. The Morgan fingerprint density at radius 2 is 2.00 bits per heavy atom. The van der Waals surface area contributed by atoms with Crippen molar-refractivity contribution in [1.29, 1.82) is 0 Å². The van der Waals surface area contributed by atoms with Crippen LogP contribution in [0.4, 0.5) is 4.39 Å². The van der Waals surface area contributed by atoms with E-state index < -0.39 is 0 Å². The van der Waals surface area contributed by atoms with Crippen LogP contribution in [0.1, 0.15) is 5.56 Å². The molecule has 16 heavy (non-hydrogen) atoms. The zero-order valence-electron chi connectivity index (χ0n) is 8.47. The van der Waals surface area contributed by atoms with Gasteiger partial charge in [0.05, 0.1) is 21.9 Å². The highest BCUT2D eigenvalue weighted by Crippen LogP contribution is 2.33. The Labute approximate surface area is 103 Å². The van der Waals surface area contributed by atoms with Crippen LogP contribution in [0.5, 0.6) is 0 Å². The lowest BCUT2D eigenvalue weighted by Gasteiger charge is -2.07. The van der Waals surface area contributed by atoms with E-state index in [0.29, 0.717) is 21.3 Å². The fraction of sp³-hybridized carbons (Fsp3) is 0.0833. The summed E-state index contributed by atoms with van der Waals surface area (Å²) in [5.74, 6) is -0.362. The summed E-state index contributed by atoms with van der Waals surface area (Å²) in [5.41, 5.74) is 2.09. The zero-order valence-corrected chi connectivity index (χ0v) is 9.98. The first-order chi connectivity index (χ1) is 7.59. The summed E-state index contributed by atoms with van der Waals surface area (Å²) in [6.45, 7) is 1.78. The second-order valence-electron chi connectivity index (χ2n) is 3.42. The Kier molecular flexibility index (Phi) is 3.13. The molecule has 0 fully saturated rings. The van der Waals surface area contributed by atoms with Crippen molar-refractivity contribution in [3.05, 3.63) is 51.9 Å². The molecule has 0 amide bonds. The predicted molar refractivity (Wildman–Crippen MR) is 64.4 cm³/mol. The van der Waals surface area contributed by atoms with Crippen molar-refractivity contribution in [2.75, 3.05) is 0 Å². The molecular weight excluding hydrogens is 248 g/mol. The fourth-order valence-electron chi connectivity index (χ4n) is 1.51. The number of hydrogen-bond acceptors (Lipinski definition) is 1. The van der Waals surface area contributed by atoms with E-state index in [4.69, 9.17) is 23.2 Å². The molecule has 0 radical (unpaired) electrons. The third-order valence-corrected chi connectivity index (χ3v) is 3.07. The van der Waals surface area contributed by atoms with Gasteiger partial charge in [-0.1, -0.05) is 35.3 Å². The van der Waals surface area contributed by atoms with Crippen LogP contribution in [-0.4, -0.2) is 4.98 Å². The van der Waals surface area contributed by atoms with Gasteiger partial charge in [0, 0.05) is 5.56 Å². The van der Waals surface area contributed by atoms with Gasteiger partial charge in [0.25, 0.3) is 0 Å². The van der Waals surface area contributed by atoms with Gasteiger partial charge in [-0.25, -0.2) is 4.39 Å². The topological polar surface area (TPSA) is 12.9 Å². The van der Waals surface area contributed by atoms with Crippen molar-refractivity contribution < 1.29 is 4.39 Å². The van der Waals surface area contributed by atoms with Crippen LogP contribution < -0.4 is 0 Å². The normalized spacial score (nSPS) is 10.5. The van der Waals surface area contributed by atoms with E-state index in [-0.39, 0.29) is 5.82 Å². The second kappa shape index (κ2) is 4.40. The molecule has 2 aromatic rings. The standard InChI is InChI=1S/C12H8Cl2FN/c1-7-5-8(15)6-16-12(7)9-3-2-4-10(13)11(9)14/h2-6H,1H3. The van der Waals surface area contributed by atoms with Crippen LogP contribution in [0.15, 0.2) is 30.5 Å². The molecule has 4 heteroatoms. The molecule has 0 unspecified atom stereocenters. The van der Waals surface area contributed by atoms with E-state index in [1.165, 1.54) is 12.3 Å². The maximum Gasteiger partial charge on any atom is 0.141 e. The van der Waals surface area contributed by atoms with Gasteiger partial charge in [-0.05, 0) is 24.6 Å². The number of halogens is 3. The lowest BCUT2D eigenvalue weighted by molar-refractivity contribution is 0.620. The summed E-state index contributed by atoms with van der Waals surface area (Å²) in [6.07, 6.45) is 1.17. The highest BCUT2D eigenvalue weighted by atomic mass is 35.5. The predicted octanol–water partition coefficient (Wildman–Crippen LogP) is 4.50. The summed E-state index contributed by atoms with van der Waals surface area (Å²) < 4.78 is 12.9. The molecule has 0 aliphatic heterocycles. The maximum absolute atomic E-state index is 12.9. The fourth-order valence-corrected chi connectivity index (χ4v) is 1.90. The summed E-state index contributed by atoms with van der Waals surface area (Å²) in [6, 6.07) is 6.71. The minimum absolute atomic E-state index is 0.362. The number of rotatable bonds is 1. The molecule has 1 nitrogen and oxygen atoms in total. The van der Waals surface area contributed by atoms with Crippen LogP contribution >= 0.6 is 23.2 Å². The summed E-state index contributed by atoms with van der Waals surface area (Å²) in [5, 5.41) is 0.899. The molecule has 0 saturated heterocycles. The Morgan fingerprint density at radius 3 is 2.69 bits per heavy atom. The molecule has 82 valence electrons. The zero-order chi connectivity index (χ0) is 11.7. The average Bonchev–Trinajstić information content (AvgIpc) is 2.23. The second-order valence-corrected chi connectivity index (χ2v) is 4.21. The Hall–Kier alpha value is -1.12. The van der Waals surface area contributed by atoms with Gasteiger partial charge in [-0.2, -0.15) is 0 Å². The van der Waals surface area contributed by atoms with Crippen LogP contribution in [-0.2, 0) is 0 Å². The number of nitrogens with zero attached hydrogens (tertiary/aromatic N) is 1. The van der Waals surface area contributed by atoms with Crippen molar-refractivity contribution in [2.24, 2.45) is 0 Å². The molecule has 0 atom stereocenters. The van der Waals surface area contributed by atoms with Crippen LogP contribution in [0, 0.1) is 12.7 Å². The molecule has 0 aliphatic carbocycles. The molecule has 0 N–H and O–H groups in total. The summed E-state index contributed by atoms with van der Waals surface area (Å²) >= 11 is 12.0. The minimum atomic E-state index is -0.362. The van der Waals surface area contributed by atoms with Crippen molar-refractivity contribution >= 4 is 23.2 Å². The maximum atomic E-state index is 12.9. The average molecular weight is 256 g/mol. The molecule has 0 aliphatic rings. The van der Waals surface area contributed by atoms with Crippen molar-refractivity contribution in [1.82, 2.24) is 4.98 Å². The third-order valence-electron chi connectivity index (χ3n) is 2.25. The van der Waals surface area contributed by atoms with Gasteiger partial charge in [0.15, 0.2) is 0 Å². The van der Waals surface area contributed by atoms with Crippen molar-refractivity contribution in [3.63, 3.8) is 0 Å². The first kappa shape index (κ1) is 11.4. The molecule has 0 spiro atoms. The molecule has 1 aromatic carbocycles. The highest BCUT2D eigenvalue weighted by Gasteiger charge is 2.10. The van der Waals surface area contributed by atoms with Gasteiger partial charge < -0.3 is 0 Å². The van der Waals surface area contributed by atoms with E-state index in [1.807, 2.05) is 0 Å². The first-order valence-corrected chi connectivity index (χ1v) is 5.41. The lowest BCUT2D eigenvalue weighted by atomic mass is 10.1. The quantitative estimate of drug-likeness (QED) is 0.731. The third kappa shape index (κ3) is 2.04. The SMILES string of the molecule is Cc1cc(F)cnc1-c1cccc(Cl)c1Cl. The molecular formula is C12H8Cl2FN.